The number of carbonyl (C=O) groups is 1. The van der Waals surface area contributed by atoms with Crippen LogP contribution in [0.4, 0.5) is 4.39 Å². The highest BCUT2D eigenvalue weighted by Crippen LogP contribution is 2.48. The Morgan fingerprint density at radius 1 is 1.19 bits per heavy atom. The van der Waals surface area contributed by atoms with Gasteiger partial charge in [-0.05, 0) is 62.1 Å². The second-order valence-corrected chi connectivity index (χ2v) is 6.46. The molecule has 0 bridgehead atoms. The number of rotatable bonds is 4. The van der Waals surface area contributed by atoms with E-state index in [0.29, 0.717) is 5.92 Å². The van der Waals surface area contributed by atoms with Crippen molar-refractivity contribution in [2.45, 2.75) is 50.0 Å². The Balaban J connectivity index is 1.62. The number of benzene rings is 1. The van der Waals surface area contributed by atoms with Crippen LogP contribution in [-0.2, 0) is 10.2 Å². The minimum Gasteiger partial charge on any atom is -0.396 e. The number of aliphatic hydroxyl groups is 1. The third kappa shape index (κ3) is 2.95. The second kappa shape index (κ2) is 5.76. The summed E-state index contributed by atoms with van der Waals surface area (Å²) < 4.78 is 13.0. The van der Waals surface area contributed by atoms with Crippen LogP contribution in [0.5, 0.6) is 0 Å². The van der Waals surface area contributed by atoms with Crippen molar-refractivity contribution in [1.29, 1.82) is 0 Å². The van der Waals surface area contributed by atoms with Crippen LogP contribution in [-0.4, -0.2) is 23.7 Å². The minimum absolute atomic E-state index is 0.0848. The van der Waals surface area contributed by atoms with Crippen molar-refractivity contribution in [3.8, 4) is 0 Å². The molecule has 2 aliphatic carbocycles. The van der Waals surface area contributed by atoms with Crippen molar-refractivity contribution >= 4 is 5.91 Å². The summed E-state index contributed by atoms with van der Waals surface area (Å²) in [6, 6.07) is 6.53. The Labute approximate surface area is 124 Å². The van der Waals surface area contributed by atoms with E-state index < -0.39 is 5.41 Å². The topological polar surface area (TPSA) is 49.3 Å². The van der Waals surface area contributed by atoms with Gasteiger partial charge >= 0.3 is 0 Å². The molecule has 114 valence electrons. The zero-order chi connectivity index (χ0) is 14.9. The van der Waals surface area contributed by atoms with E-state index in [4.69, 9.17) is 5.11 Å². The van der Waals surface area contributed by atoms with Gasteiger partial charge in [0.1, 0.15) is 5.82 Å². The lowest BCUT2D eigenvalue weighted by Gasteiger charge is -2.29. The molecule has 0 aromatic heterocycles. The number of aliphatic hydroxyl groups excluding tert-OH is 1. The molecule has 0 unspecified atom stereocenters. The smallest absolute Gasteiger partial charge is 0.230 e. The monoisotopic (exact) mass is 291 g/mol. The van der Waals surface area contributed by atoms with Crippen LogP contribution in [0.25, 0.3) is 0 Å². The van der Waals surface area contributed by atoms with E-state index in [1.54, 1.807) is 12.1 Å². The maximum absolute atomic E-state index is 13.0. The van der Waals surface area contributed by atoms with Crippen molar-refractivity contribution < 1.29 is 14.3 Å². The molecule has 0 radical (unpaired) electrons. The number of hydrogen-bond acceptors (Lipinski definition) is 2. The van der Waals surface area contributed by atoms with E-state index in [0.717, 1.165) is 44.1 Å². The first-order valence-electron chi connectivity index (χ1n) is 7.82. The molecule has 21 heavy (non-hydrogen) atoms. The molecule has 2 fully saturated rings. The van der Waals surface area contributed by atoms with Gasteiger partial charge in [0.05, 0.1) is 5.41 Å². The van der Waals surface area contributed by atoms with Crippen LogP contribution >= 0.6 is 0 Å². The van der Waals surface area contributed by atoms with Crippen LogP contribution in [0.15, 0.2) is 24.3 Å². The van der Waals surface area contributed by atoms with Gasteiger partial charge in [0, 0.05) is 12.6 Å². The predicted octanol–water partition coefficient (Wildman–Crippen LogP) is 2.52. The molecule has 0 aliphatic heterocycles. The molecule has 0 saturated heterocycles. The normalized spacial score (nSPS) is 27.1. The average molecular weight is 291 g/mol. The van der Waals surface area contributed by atoms with Gasteiger partial charge < -0.3 is 10.4 Å². The summed E-state index contributed by atoms with van der Waals surface area (Å²) in [7, 11) is 0. The summed E-state index contributed by atoms with van der Waals surface area (Å²) >= 11 is 0. The molecular formula is C17H22FNO2. The fourth-order valence-corrected chi connectivity index (χ4v) is 3.35. The van der Waals surface area contributed by atoms with Crippen molar-refractivity contribution in [2.24, 2.45) is 5.92 Å². The number of nitrogens with one attached hydrogen (secondary N) is 1. The largest absolute Gasteiger partial charge is 0.396 e. The van der Waals surface area contributed by atoms with Gasteiger partial charge in [-0.2, -0.15) is 0 Å². The van der Waals surface area contributed by atoms with E-state index >= 15 is 0 Å². The minimum atomic E-state index is -0.429. The van der Waals surface area contributed by atoms with Gasteiger partial charge in [-0.15, -0.1) is 0 Å². The summed E-state index contributed by atoms with van der Waals surface area (Å²) in [5.41, 5.74) is 0.493. The molecule has 1 aromatic carbocycles. The van der Waals surface area contributed by atoms with Crippen LogP contribution < -0.4 is 5.32 Å². The highest BCUT2D eigenvalue weighted by atomic mass is 19.1. The van der Waals surface area contributed by atoms with E-state index in [9.17, 15) is 9.18 Å². The zero-order valence-corrected chi connectivity index (χ0v) is 12.1. The molecule has 0 spiro atoms. The molecular weight excluding hydrogens is 269 g/mol. The molecule has 0 heterocycles. The van der Waals surface area contributed by atoms with Crippen molar-refractivity contribution in [3.63, 3.8) is 0 Å². The molecule has 1 aromatic rings. The van der Waals surface area contributed by atoms with Gasteiger partial charge in [-0.3, -0.25) is 4.79 Å². The first-order valence-corrected chi connectivity index (χ1v) is 7.82. The van der Waals surface area contributed by atoms with Crippen molar-refractivity contribution in [2.75, 3.05) is 6.61 Å². The van der Waals surface area contributed by atoms with E-state index in [2.05, 4.69) is 5.32 Å². The van der Waals surface area contributed by atoms with Gasteiger partial charge in [-0.25, -0.2) is 4.39 Å². The standard InChI is InChI=1S/C17H22FNO2/c18-14-5-3-13(4-6-14)17(9-10-17)16(21)19-15-7-1-12(11-20)2-8-15/h3-6,12,15,20H,1-2,7-11H2,(H,19,21). The third-order valence-electron chi connectivity index (χ3n) is 5.02. The lowest BCUT2D eigenvalue weighted by Crippen LogP contribution is -2.43. The SMILES string of the molecule is O=C(NC1CCC(CO)CC1)C1(c2ccc(F)cc2)CC1. The highest BCUT2D eigenvalue weighted by molar-refractivity contribution is 5.91. The first kappa shape index (κ1) is 14.5. The predicted molar refractivity (Wildman–Crippen MR) is 78.3 cm³/mol. The summed E-state index contributed by atoms with van der Waals surface area (Å²) in [4.78, 5) is 12.6. The highest BCUT2D eigenvalue weighted by Gasteiger charge is 2.51. The van der Waals surface area contributed by atoms with Gasteiger partial charge in [0.15, 0.2) is 0 Å². The quantitative estimate of drug-likeness (QED) is 0.895. The summed E-state index contributed by atoms with van der Waals surface area (Å²) in [5, 5.41) is 12.3. The van der Waals surface area contributed by atoms with E-state index in [1.165, 1.54) is 12.1 Å². The molecule has 0 atom stereocenters. The second-order valence-electron chi connectivity index (χ2n) is 6.46. The Morgan fingerprint density at radius 2 is 1.81 bits per heavy atom. The molecule has 2 saturated carbocycles. The fraction of sp³-hybridized carbons (Fsp3) is 0.588. The molecule has 3 nitrogen and oxygen atoms in total. The summed E-state index contributed by atoms with van der Waals surface area (Å²) in [5.74, 6) is 0.212. The Hall–Kier alpha value is -1.42. The van der Waals surface area contributed by atoms with Crippen molar-refractivity contribution in [3.05, 3.63) is 35.6 Å². The molecule has 2 N–H and O–H groups in total. The lowest BCUT2D eigenvalue weighted by molar-refractivity contribution is -0.124. The van der Waals surface area contributed by atoms with Crippen LogP contribution in [0.1, 0.15) is 44.1 Å². The Morgan fingerprint density at radius 3 is 2.33 bits per heavy atom. The number of hydrogen-bond donors (Lipinski definition) is 2. The number of amides is 1. The van der Waals surface area contributed by atoms with E-state index in [1.807, 2.05) is 0 Å². The van der Waals surface area contributed by atoms with Crippen LogP contribution in [0, 0.1) is 11.7 Å². The zero-order valence-electron chi connectivity index (χ0n) is 12.1. The summed E-state index contributed by atoms with van der Waals surface area (Å²) in [6.45, 7) is 0.250. The van der Waals surface area contributed by atoms with Gasteiger partial charge in [0.25, 0.3) is 0 Å². The Bertz CT molecular complexity index is 502. The molecule has 4 heteroatoms. The van der Waals surface area contributed by atoms with Crippen LogP contribution in [0.3, 0.4) is 0 Å². The number of carbonyl (C=O) groups excluding carboxylic acids is 1. The van der Waals surface area contributed by atoms with E-state index in [-0.39, 0.29) is 24.4 Å². The summed E-state index contributed by atoms with van der Waals surface area (Å²) in [6.07, 6.45) is 5.52. The van der Waals surface area contributed by atoms with Gasteiger partial charge in [0.2, 0.25) is 5.91 Å². The lowest BCUT2D eigenvalue weighted by atomic mass is 9.86. The third-order valence-corrected chi connectivity index (χ3v) is 5.02. The van der Waals surface area contributed by atoms with Gasteiger partial charge in [-0.1, -0.05) is 12.1 Å². The maximum Gasteiger partial charge on any atom is 0.230 e. The fourth-order valence-electron chi connectivity index (χ4n) is 3.35. The molecule has 1 amide bonds. The van der Waals surface area contributed by atoms with Crippen molar-refractivity contribution in [1.82, 2.24) is 5.32 Å². The Kier molecular flexibility index (Phi) is 3.98. The maximum atomic E-state index is 13.0. The van der Waals surface area contributed by atoms with Crippen LogP contribution in [0.2, 0.25) is 0 Å². The molecule has 2 aliphatic rings. The number of halogens is 1. The molecule has 3 rings (SSSR count). The first-order chi connectivity index (χ1) is 10.1. The average Bonchev–Trinajstić information content (AvgIpc) is 3.30.